The predicted octanol–water partition coefficient (Wildman–Crippen LogP) is -3.82. The minimum Gasteiger partial charge on any atom is -0.480 e. The second kappa shape index (κ2) is 10.9. The lowest BCUT2D eigenvalue weighted by Gasteiger charge is -2.24. The molecule has 0 fully saturated rings. The summed E-state index contributed by atoms with van der Waals surface area (Å²) in [5.74, 6) is -3.83. The second-order valence-electron chi connectivity index (χ2n) is 5.33. The molecule has 0 rings (SSSR count). The van der Waals surface area contributed by atoms with Crippen molar-refractivity contribution in [2.24, 2.45) is 5.73 Å². The van der Waals surface area contributed by atoms with E-state index >= 15 is 0 Å². The van der Waals surface area contributed by atoms with Crippen molar-refractivity contribution in [3.05, 3.63) is 0 Å². The first-order valence-corrected chi connectivity index (χ1v) is 7.97. The lowest BCUT2D eigenvalue weighted by Crippen LogP contribution is -2.59. The molecular weight excluding hydrogens is 356 g/mol. The van der Waals surface area contributed by atoms with Crippen LogP contribution in [0.1, 0.15) is 13.8 Å². The number of aliphatic carboxylic acids is 1. The Labute approximate surface area is 149 Å². The third-order valence-electron chi connectivity index (χ3n) is 3.15. The van der Waals surface area contributed by atoms with Crippen LogP contribution in [0.4, 0.5) is 0 Å². The highest BCUT2D eigenvalue weighted by molar-refractivity contribution is 7.80. The lowest BCUT2D eigenvalue weighted by molar-refractivity contribution is -0.144. The van der Waals surface area contributed by atoms with Crippen LogP contribution in [0.25, 0.3) is 0 Å². The van der Waals surface area contributed by atoms with Crippen LogP contribution in [-0.2, 0) is 19.2 Å². The molecule has 0 heterocycles. The van der Waals surface area contributed by atoms with Gasteiger partial charge in [0.05, 0.1) is 18.8 Å². The monoisotopic (exact) mass is 380 g/mol. The number of carbonyl (C=O) groups is 4. The molecule has 0 aromatic carbocycles. The van der Waals surface area contributed by atoms with Gasteiger partial charge in [0.25, 0.3) is 0 Å². The van der Waals surface area contributed by atoms with Gasteiger partial charge >= 0.3 is 5.97 Å². The molecule has 0 aromatic heterocycles. The fourth-order valence-electron chi connectivity index (χ4n) is 1.60. The van der Waals surface area contributed by atoms with E-state index in [0.29, 0.717) is 0 Å². The number of rotatable bonds is 10. The first kappa shape index (κ1) is 23.1. The van der Waals surface area contributed by atoms with E-state index in [4.69, 9.17) is 15.9 Å². The van der Waals surface area contributed by atoms with E-state index in [-0.39, 0.29) is 5.75 Å². The first-order chi connectivity index (χ1) is 11.5. The average Bonchev–Trinajstić information content (AvgIpc) is 2.55. The van der Waals surface area contributed by atoms with Gasteiger partial charge in [-0.3, -0.25) is 14.4 Å². The molecule has 12 heteroatoms. The maximum Gasteiger partial charge on any atom is 0.328 e. The largest absolute Gasteiger partial charge is 0.480 e. The van der Waals surface area contributed by atoms with E-state index in [1.165, 1.54) is 13.8 Å². The van der Waals surface area contributed by atoms with Crippen molar-refractivity contribution in [1.29, 1.82) is 0 Å². The van der Waals surface area contributed by atoms with Crippen LogP contribution in [0.2, 0.25) is 0 Å². The van der Waals surface area contributed by atoms with E-state index in [9.17, 15) is 24.3 Å². The van der Waals surface area contributed by atoms with Gasteiger partial charge in [0.15, 0.2) is 0 Å². The molecule has 0 saturated heterocycles. The molecule has 0 spiro atoms. The quantitative estimate of drug-likeness (QED) is 0.177. The highest BCUT2D eigenvalue weighted by Crippen LogP contribution is 1.97. The summed E-state index contributed by atoms with van der Waals surface area (Å²) in [6.07, 6.45) is -1.36. The normalized spacial score (nSPS) is 16.7. The fraction of sp³-hybridized carbons (Fsp3) is 0.692. The summed E-state index contributed by atoms with van der Waals surface area (Å²) in [4.78, 5) is 46.5. The summed E-state index contributed by atoms with van der Waals surface area (Å²) < 4.78 is 0. The van der Waals surface area contributed by atoms with E-state index in [2.05, 4.69) is 23.3 Å². The molecule has 0 aliphatic heterocycles. The minimum absolute atomic E-state index is 0.0661. The Kier molecular flexibility index (Phi) is 10.0. The Morgan fingerprint density at radius 3 is 2.00 bits per heavy atom. The van der Waals surface area contributed by atoms with Crippen molar-refractivity contribution in [3.63, 3.8) is 0 Å². The summed E-state index contributed by atoms with van der Waals surface area (Å²) in [5.41, 5.74) is 5.46. The van der Waals surface area contributed by atoms with E-state index in [1.807, 2.05) is 5.32 Å². The van der Waals surface area contributed by atoms with E-state index in [0.717, 1.165) is 0 Å². The molecule has 0 aromatic rings. The lowest BCUT2D eigenvalue weighted by atomic mass is 10.1. The van der Waals surface area contributed by atoms with Crippen LogP contribution >= 0.6 is 12.6 Å². The molecular formula is C13H24N4O7S. The van der Waals surface area contributed by atoms with Gasteiger partial charge in [0, 0.05) is 5.75 Å². The summed E-state index contributed by atoms with van der Waals surface area (Å²) in [7, 11) is 0. The van der Waals surface area contributed by atoms with Gasteiger partial charge in [-0.2, -0.15) is 12.6 Å². The number of carbonyl (C=O) groups excluding carboxylic acids is 3. The zero-order valence-electron chi connectivity index (χ0n) is 13.8. The summed E-state index contributed by atoms with van der Waals surface area (Å²) in [6.45, 7) is 1.68. The molecule has 3 amide bonds. The Morgan fingerprint density at radius 1 is 1.04 bits per heavy atom. The molecule has 0 saturated carbocycles. The van der Waals surface area contributed by atoms with Gasteiger partial charge in [-0.25, -0.2) is 4.79 Å². The van der Waals surface area contributed by atoms with Crippen LogP contribution in [-0.4, -0.2) is 81.6 Å². The van der Waals surface area contributed by atoms with Crippen molar-refractivity contribution < 1.29 is 34.5 Å². The Bertz CT molecular complexity index is 503. The molecule has 8 N–H and O–H groups in total. The Hall–Kier alpha value is -1.89. The average molecular weight is 380 g/mol. The van der Waals surface area contributed by atoms with Crippen molar-refractivity contribution in [2.45, 2.75) is 44.1 Å². The Morgan fingerprint density at radius 2 is 1.60 bits per heavy atom. The number of amides is 3. The summed E-state index contributed by atoms with van der Waals surface area (Å²) in [5, 5.41) is 33.8. The molecule has 25 heavy (non-hydrogen) atoms. The number of hydrogen-bond acceptors (Lipinski definition) is 8. The van der Waals surface area contributed by atoms with Crippen LogP contribution in [0, 0.1) is 0 Å². The number of carboxylic acids is 1. The number of carboxylic acid groups (broad SMARTS) is 1. The summed E-state index contributed by atoms with van der Waals surface area (Å²) in [6, 6.07) is -5.06. The van der Waals surface area contributed by atoms with Crippen LogP contribution < -0.4 is 21.7 Å². The van der Waals surface area contributed by atoms with E-state index in [1.54, 1.807) is 0 Å². The number of aliphatic hydroxyl groups is 2. The zero-order chi connectivity index (χ0) is 19.7. The highest BCUT2D eigenvalue weighted by atomic mass is 32.1. The molecule has 0 aliphatic carbocycles. The summed E-state index contributed by atoms with van der Waals surface area (Å²) >= 11 is 3.86. The van der Waals surface area contributed by atoms with Gasteiger partial charge in [0.1, 0.15) is 18.1 Å². The van der Waals surface area contributed by atoms with Crippen molar-refractivity contribution >= 4 is 36.3 Å². The molecule has 11 nitrogen and oxygen atoms in total. The zero-order valence-corrected chi connectivity index (χ0v) is 14.7. The van der Waals surface area contributed by atoms with Crippen molar-refractivity contribution in [2.75, 3.05) is 12.4 Å². The van der Waals surface area contributed by atoms with Gasteiger partial charge < -0.3 is 37.0 Å². The predicted molar refractivity (Wildman–Crippen MR) is 89.7 cm³/mol. The molecule has 0 radical (unpaired) electrons. The molecule has 5 unspecified atom stereocenters. The minimum atomic E-state index is -1.59. The third kappa shape index (κ3) is 7.69. The van der Waals surface area contributed by atoms with Crippen molar-refractivity contribution in [3.8, 4) is 0 Å². The van der Waals surface area contributed by atoms with E-state index < -0.39 is 60.6 Å². The maximum absolute atomic E-state index is 12.1. The number of nitrogens with two attached hydrogens (primary N) is 1. The molecule has 5 atom stereocenters. The molecule has 144 valence electrons. The standard InChI is InChI=1S/C13H24N4O7S/c1-5(15-11(21)7(14)4-25)10(20)17-9(6(2)19)12(22)16-8(3-18)13(23)24/h5-9,18-19,25H,3-4,14H2,1-2H3,(H,15,21)(H,16,22)(H,17,20)(H,23,24). The van der Waals surface area contributed by atoms with Crippen LogP contribution in [0.5, 0.6) is 0 Å². The SMILES string of the molecule is CC(NC(=O)C(N)CS)C(=O)NC(C(=O)NC(CO)C(=O)O)C(C)O. The van der Waals surface area contributed by atoms with Crippen LogP contribution in [0.3, 0.4) is 0 Å². The first-order valence-electron chi connectivity index (χ1n) is 7.34. The topological polar surface area (TPSA) is 191 Å². The third-order valence-corrected chi connectivity index (χ3v) is 3.54. The van der Waals surface area contributed by atoms with Crippen molar-refractivity contribution in [1.82, 2.24) is 16.0 Å². The Balaban J connectivity index is 4.90. The van der Waals surface area contributed by atoms with Gasteiger partial charge in [-0.15, -0.1) is 0 Å². The second-order valence-corrected chi connectivity index (χ2v) is 5.69. The maximum atomic E-state index is 12.1. The molecule has 0 bridgehead atoms. The van der Waals surface area contributed by atoms with Gasteiger partial charge in [0.2, 0.25) is 17.7 Å². The highest BCUT2D eigenvalue weighted by Gasteiger charge is 2.31. The molecule has 0 aliphatic rings. The number of thiol groups is 1. The number of nitrogens with one attached hydrogen (secondary N) is 3. The smallest absolute Gasteiger partial charge is 0.328 e. The number of hydrogen-bond donors (Lipinski definition) is 8. The van der Waals surface area contributed by atoms with Gasteiger partial charge in [-0.1, -0.05) is 0 Å². The van der Waals surface area contributed by atoms with Crippen LogP contribution in [0.15, 0.2) is 0 Å². The fourth-order valence-corrected chi connectivity index (χ4v) is 1.77. The van der Waals surface area contributed by atoms with Gasteiger partial charge in [-0.05, 0) is 13.8 Å². The number of aliphatic hydroxyl groups excluding tert-OH is 2.